The van der Waals surface area contributed by atoms with E-state index in [2.05, 4.69) is 6.92 Å². The first kappa shape index (κ1) is 19.7. The first-order valence-corrected chi connectivity index (χ1v) is 10.8. The molecule has 4 aliphatic rings. The molecule has 0 N–H and O–H groups in total. The summed E-state index contributed by atoms with van der Waals surface area (Å²) in [7, 11) is 0. The first-order valence-electron chi connectivity index (χ1n) is 10.8. The molecule has 0 aromatic heterocycles. The van der Waals surface area contributed by atoms with Gasteiger partial charge >= 0.3 is 17.9 Å². The Bertz CT molecular complexity index is 671. The van der Waals surface area contributed by atoms with Crippen LogP contribution in [0.2, 0.25) is 0 Å². The van der Waals surface area contributed by atoms with E-state index in [9.17, 15) is 14.4 Å². The Morgan fingerprint density at radius 1 is 1.18 bits per heavy atom. The second kappa shape index (κ2) is 6.74. The summed E-state index contributed by atoms with van der Waals surface area (Å²) >= 11 is 0. The van der Waals surface area contributed by atoms with E-state index < -0.39 is 11.3 Å². The van der Waals surface area contributed by atoms with Gasteiger partial charge in [-0.2, -0.15) is 0 Å². The van der Waals surface area contributed by atoms with Crippen molar-refractivity contribution >= 4 is 17.9 Å². The summed E-state index contributed by atoms with van der Waals surface area (Å²) in [5, 5.41) is 0. The average molecular weight is 392 g/mol. The Morgan fingerprint density at radius 2 is 1.86 bits per heavy atom. The molecule has 156 valence electrons. The van der Waals surface area contributed by atoms with Crippen molar-refractivity contribution < 1.29 is 28.6 Å². The van der Waals surface area contributed by atoms with E-state index in [0.29, 0.717) is 0 Å². The van der Waals surface area contributed by atoms with Gasteiger partial charge in [0.1, 0.15) is 11.7 Å². The number of hydrogen-bond acceptors (Lipinski definition) is 6. The monoisotopic (exact) mass is 392 g/mol. The lowest BCUT2D eigenvalue weighted by Gasteiger charge is -2.34. The minimum atomic E-state index is -0.583. The molecule has 2 bridgehead atoms. The molecule has 0 radical (unpaired) electrons. The quantitative estimate of drug-likeness (QED) is 0.528. The molecule has 28 heavy (non-hydrogen) atoms. The van der Waals surface area contributed by atoms with E-state index in [-0.39, 0.29) is 59.9 Å². The zero-order valence-electron chi connectivity index (χ0n) is 17.4. The Hall–Kier alpha value is -1.59. The van der Waals surface area contributed by atoms with Gasteiger partial charge in [-0.3, -0.25) is 14.4 Å². The largest absolute Gasteiger partial charge is 0.465 e. The summed E-state index contributed by atoms with van der Waals surface area (Å²) in [5.74, 6) is -1.71. The van der Waals surface area contributed by atoms with Crippen LogP contribution in [0.3, 0.4) is 0 Å². The fourth-order valence-corrected chi connectivity index (χ4v) is 5.95. The minimum Gasteiger partial charge on any atom is -0.465 e. The molecular formula is C22H32O6. The van der Waals surface area contributed by atoms with E-state index in [0.717, 1.165) is 38.5 Å². The predicted octanol–water partition coefficient (Wildman–Crippen LogP) is 3.27. The number of esters is 3. The summed E-state index contributed by atoms with van der Waals surface area (Å²) in [6.07, 6.45) is 5.32. The molecule has 4 fully saturated rings. The maximum atomic E-state index is 13.2. The van der Waals surface area contributed by atoms with Crippen LogP contribution >= 0.6 is 0 Å². The highest BCUT2D eigenvalue weighted by atomic mass is 16.6. The molecular weight excluding hydrogens is 360 g/mol. The molecule has 0 aromatic carbocycles. The molecule has 6 nitrogen and oxygen atoms in total. The van der Waals surface area contributed by atoms with E-state index in [1.165, 1.54) is 0 Å². The highest BCUT2D eigenvalue weighted by Gasteiger charge is 2.69. The molecule has 0 spiro atoms. The van der Waals surface area contributed by atoms with Crippen LogP contribution in [0.25, 0.3) is 0 Å². The van der Waals surface area contributed by atoms with Gasteiger partial charge in [0.15, 0.2) is 0 Å². The molecule has 1 saturated heterocycles. The van der Waals surface area contributed by atoms with Crippen molar-refractivity contribution in [3.05, 3.63) is 0 Å². The standard InChI is InChI=1S/C22H32O6/c1-5-22(8-6-7-9-22)28-19(24)15-12-10-13-16(15)18(23)27-17(13)14(12)11-26-20(25)21(2,3)4/h12-17H,5-11H2,1-4H3. The Morgan fingerprint density at radius 3 is 2.46 bits per heavy atom. The highest BCUT2D eigenvalue weighted by molar-refractivity contribution is 5.86. The van der Waals surface area contributed by atoms with E-state index >= 15 is 0 Å². The molecule has 6 atom stereocenters. The summed E-state index contributed by atoms with van der Waals surface area (Å²) in [5.41, 5.74) is -0.949. The van der Waals surface area contributed by atoms with Gasteiger partial charge in [-0.05, 0) is 65.2 Å². The van der Waals surface area contributed by atoms with Crippen LogP contribution in [0.15, 0.2) is 0 Å². The van der Waals surface area contributed by atoms with Crippen molar-refractivity contribution in [2.75, 3.05) is 6.61 Å². The molecule has 0 aromatic rings. The first-order chi connectivity index (χ1) is 13.2. The number of hydrogen-bond donors (Lipinski definition) is 0. The molecule has 1 aliphatic heterocycles. The van der Waals surface area contributed by atoms with Crippen LogP contribution in [0, 0.1) is 35.0 Å². The fourth-order valence-electron chi connectivity index (χ4n) is 5.95. The molecule has 6 unspecified atom stereocenters. The van der Waals surface area contributed by atoms with Crippen molar-refractivity contribution in [3.8, 4) is 0 Å². The van der Waals surface area contributed by atoms with Gasteiger partial charge in [0.05, 0.1) is 23.9 Å². The Balaban J connectivity index is 1.50. The lowest BCUT2D eigenvalue weighted by molar-refractivity contribution is -0.171. The third kappa shape index (κ3) is 3.03. The van der Waals surface area contributed by atoms with Gasteiger partial charge in [0.2, 0.25) is 0 Å². The van der Waals surface area contributed by atoms with Gasteiger partial charge in [0, 0.05) is 11.8 Å². The van der Waals surface area contributed by atoms with Gasteiger partial charge in [0.25, 0.3) is 0 Å². The molecule has 3 saturated carbocycles. The van der Waals surface area contributed by atoms with E-state index in [4.69, 9.17) is 14.2 Å². The maximum Gasteiger partial charge on any atom is 0.311 e. The van der Waals surface area contributed by atoms with Crippen molar-refractivity contribution in [1.82, 2.24) is 0 Å². The lowest BCUT2D eigenvalue weighted by atomic mass is 9.74. The molecule has 1 heterocycles. The number of ether oxygens (including phenoxy) is 3. The highest BCUT2D eigenvalue weighted by Crippen LogP contribution is 2.61. The fraction of sp³-hybridized carbons (Fsp3) is 0.864. The summed E-state index contributed by atoms with van der Waals surface area (Å²) in [6.45, 7) is 7.70. The molecule has 6 heteroatoms. The molecule has 4 rings (SSSR count). The van der Waals surface area contributed by atoms with Crippen LogP contribution in [0.1, 0.15) is 66.2 Å². The van der Waals surface area contributed by atoms with Crippen LogP contribution < -0.4 is 0 Å². The third-order valence-corrected chi connectivity index (χ3v) is 7.54. The van der Waals surface area contributed by atoms with Crippen molar-refractivity contribution in [1.29, 1.82) is 0 Å². The van der Waals surface area contributed by atoms with Gasteiger partial charge in [-0.25, -0.2) is 0 Å². The van der Waals surface area contributed by atoms with E-state index in [1.807, 2.05) is 20.8 Å². The van der Waals surface area contributed by atoms with Crippen LogP contribution in [-0.2, 0) is 28.6 Å². The Labute approximate surface area is 166 Å². The SMILES string of the molecule is CCC1(OC(=O)C2C3CC4C(OC(=O)C42)C3COC(=O)C(C)(C)C)CCCC1. The van der Waals surface area contributed by atoms with Crippen molar-refractivity contribution in [3.63, 3.8) is 0 Å². The normalized spacial score (nSPS) is 37.8. The van der Waals surface area contributed by atoms with Crippen LogP contribution in [0.4, 0.5) is 0 Å². The topological polar surface area (TPSA) is 78.9 Å². The lowest BCUT2D eigenvalue weighted by Crippen LogP contribution is -2.43. The second-order valence-electron chi connectivity index (χ2n) is 10.2. The zero-order valence-corrected chi connectivity index (χ0v) is 17.4. The number of fused-ring (bicyclic) bond motifs is 1. The summed E-state index contributed by atoms with van der Waals surface area (Å²) < 4.78 is 17.2. The average Bonchev–Trinajstić information content (AvgIpc) is 3.35. The predicted molar refractivity (Wildman–Crippen MR) is 99.9 cm³/mol. The summed E-state index contributed by atoms with van der Waals surface area (Å²) in [4.78, 5) is 37.9. The number of carbonyl (C=O) groups excluding carboxylic acids is 3. The maximum absolute atomic E-state index is 13.2. The molecule has 3 aliphatic carbocycles. The number of rotatable bonds is 5. The van der Waals surface area contributed by atoms with Gasteiger partial charge < -0.3 is 14.2 Å². The smallest absolute Gasteiger partial charge is 0.311 e. The van der Waals surface area contributed by atoms with Gasteiger partial charge in [-0.1, -0.05) is 6.92 Å². The van der Waals surface area contributed by atoms with Gasteiger partial charge in [-0.15, -0.1) is 0 Å². The van der Waals surface area contributed by atoms with E-state index in [1.54, 1.807) is 0 Å². The van der Waals surface area contributed by atoms with Crippen molar-refractivity contribution in [2.24, 2.45) is 35.0 Å². The van der Waals surface area contributed by atoms with Crippen molar-refractivity contribution in [2.45, 2.75) is 77.9 Å². The molecule has 0 amide bonds. The minimum absolute atomic E-state index is 0.0120. The number of carbonyl (C=O) groups is 3. The Kier molecular flexibility index (Phi) is 4.74. The van der Waals surface area contributed by atoms with Crippen LogP contribution in [-0.4, -0.2) is 36.2 Å². The zero-order chi connectivity index (χ0) is 20.3. The second-order valence-corrected chi connectivity index (χ2v) is 10.2. The third-order valence-electron chi connectivity index (χ3n) is 7.54. The van der Waals surface area contributed by atoms with Crippen LogP contribution in [0.5, 0.6) is 0 Å². The summed E-state index contributed by atoms with van der Waals surface area (Å²) in [6, 6.07) is 0.